The third-order valence-corrected chi connectivity index (χ3v) is 5.25. The van der Waals surface area contributed by atoms with Gasteiger partial charge < -0.3 is 9.67 Å². The molecule has 0 amide bonds. The number of nitrogens with zero attached hydrogens (tertiary/aromatic N) is 3. The molecule has 0 saturated heterocycles. The van der Waals surface area contributed by atoms with Gasteiger partial charge in [-0.15, -0.1) is 11.3 Å². The number of carbonyl (C=O) groups is 1. The summed E-state index contributed by atoms with van der Waals surface area (Å²) in [7, 11) is 0. The number of alkyl halides is 3. The molecule has 3 heterocycles. The average Bonchev–Trinajstić information content (AvgIpc) is 3.27. The van der Waals surface area contributed by atoms with E-state index in [1.165, 1.54) is 23.7 Å². The highest BCUT2D eigenvalue weighted by Gasteiger charge is 2.41. The third-order valence-electron chi connectivity index (χ3n) is 4.25. The van der Waals surface area contributed by atoms with Gasteiger partial charge in [0.15, 0.2) is 11.4 Å². The summed E-state index contributed by atoms with van der Waals surface area (Å²) in [4.78, 5) is 19.3. The summed E-state index contributed by atoms with van der Waals surface area (Å²) < 4.78 is 42.5. The highest BCUT2D eigenvalue weighted by atomic mass is 32.1. The topological polar surface area (TPSA) is 68.0 Å². The van der Waals surface area contributed by atoms with Gasteiger partial charge >= 0.3 is 12.1 Å². The minimum Gasteiger partial charge on any atom is -0.477 e. The molecule has 9 heteroatoms. The molecule has 0 unspecified atom stereocenters. The van der Waals surface area contributed by atoms with E-state index in [1.807, 2.05) is 17.5 Å². The molecule has 0 fully saturated rings. The molecule has 1 N–H and O–H groups in total. The van der Waals surface area contributed by atoms with E-state index in [0.717, 1.165) is 14.7 Å². The number of halogens is 3. The maximum Gasteiger partial charge on any atom is 0.435 e. The van der Waals surface area contributed by atoms with E-state index < -0.39 is 23.5 Å². The number of fused-ring (bicyclic) bond motifs is 1. The van der Waals surface area contributed by atoms with E-state index in [9.17, 15) is 23.1 Å². The molecule has 4 rings (SSSR count). The molecule has 5 nitrogen and oxygen atoms in total. The number of carboxylic acids is 1. The lowest BCUT2D eigenvalue weighted by atomic mass is 10.1. The first-order valence-electron chi connectivity index (χ1n) is 8.13. The van der Waals surface area contributed by atoms with Crippen LogP contribution in [0.25, 0.3) is 21.5 Å². The molecule has 3 aromatic heterocycles. The first-order chi connectivity index (χ1) is 13.4. The van der Waals surface area contributed by atoms with Gasteiger partial charge in [-0.1, -0.05) is 18.2 Å². The second kappa shape index (κ2) is 6.75. The number of thiophene rings is 1. The second-order valence-electron chi connectivity index (χ2n) is 6.02. The Morgan fingerprint density at radius 1 is 1.18 bits per heavy atom. The van der Waals surface area contributed by atoms with Crippen LogP contribution in [0.2, 0.25) is 0 Å². The fourth-order valence-corrected chi connectivity index (χ4v) is 3.99. The van der Waals surface area contributed by atoms with Crippen molar-refractivity contribution in [2.75, 3.05) is 0 Å². The molecule has 0 aliphatic heterocycles. The van der Waals surface area contributed by atoms with Gasteiger partial charge in [-0.3, -0.25) is 4.98 Å². The van der Waals surface area contributed by atoms with Crippen LogP contribution in [0.5, 0.6) is 0 Å². The molecule has 0 radical (unpaired) electrons. The third kappa shape index (κ3) is 3.13. The van der Waals surface area contributed by atoms with Crippen molar-refractivity contribution in [1.29, 1.82) is 0 Å². The predicted octanol–water partition coefficient (Wildman–Crippen LogP) is 4.93. The minimum atomic E-state index is -4.90. The zero-order valence-corrected chi connectivity index (χ0v) is 15.0. The first-order valence-corrected chi connectivity index (χ1v) is 9.00. The van der Waals surface area contributed by atoms with Crippen LogP contribution in [0.4, 0.5) is 13.2 Å². The quantitative estimate of drug-likeness (QED) is 0.525. The molecule has 4 aromatic rings. The zero-order valence-electron chi connectivity index (χ0n) is 14.1. The van der Waals surface area contributed by atoms with Crippen LogP contribution >= 0.6 is 11.3 Å². The summed E-state index contributed by atoms with van der Waals surface area (Å²) in [6, 6.07) is 10.5. The van der Waals surface area contributed by atoms with Gasteiger partial charge in [-0.2, -0.15) is 13.2 Å². The van der Waals surface area contributed by atoms with Crippen LogP contribution in [0.1, 0.15) is 21.7 Å². The van der Waals surface area contributed by atoms with Crippen molar-refractivity contribution in [2.24, 2.45) is 0 Å². The number of aromatic carboxylic acids is 1. The van der Waals surface area contributed by atoms with Crippen LogP contribution in [0.15, 0.2) is 54.2 Å². The molecule has 0 atom stereocenters. The van der Waals surface area contributed by atoms with Crippen LogP contribution < -0.4 is 0 Å². The fourth-order valence-electron chi connectivity index (χ4n) is 3.09. The lowest BCUT2D eigenvalue weighted by molar-refractivity contribution is -0.141. The summed E-state index contributed by atoms with van der Waals surface area (Å²) in [5.74, 6) is -1.78. The largest absolute Gasteiger partial charge is 0.477 e. The summed E-state index contributed by atoms with van der Waals surface area (Å²) in [6.45, 7) is -0.0627. The number of aromatic nitrogens is 3. The van der Waals surface area contributed by atoms with Gasteiger partial charge in [0.2, 0.25) is 0 Å². The molecule has 0 saturated carbocycles. The van der Waals surface area contributed by atoms with Gasteiger partial charge in [0.05, 0.1) is 6.54 Å². The van der Waals surface area contributed by atoms with Crippen molar-refractivity contribution in [3.05, 3.63) is 71.1 Å². The monoisotopic (exact) mass is 403 g/mol. The summed E-state index contributed by atoms with van der Waals surface area (Å²) in [5.41, 5.74) is -1.29. The molecule has 1 aromatic carbocycles. The van der Waals surface area contributed by atoms with Crippen molar-refractivity contribution in [3.63, 3.8) is 0 Å². The van der Waals surface area contributed by atoms with Crippen molar-refractivity contribution in [3.8, 4) is 11.4 Å². The number of imidazole rings is 1. The second-order valence-corrected chi connectivity index (χ2v) is 6.94. The van der Waals surface area contributed by atoms with Gasteiger partial charge in [-0.05, 0) is 34.5 Å². The summed E-state index contributed by atoms with van der Waals surface area (Å²) >= 11 is 1.45. The number of carboxylic acid groups (broad SMARTS) is 1. The Labute approximate surface area is 160 Å². The summed E-state index contributed by atoms with van der Waals surface area (Å²) in [6.07, 6.45) is -2.06. The Morgan fingerprint density at radius 2 is 2.00 bits per heavy atom. The van der Waals surface area contributed by atoms with Crippen molar-refractivity contribution in [2.45, 2.75) is 12.7 Å². The highest BCUT2D eigenvalue weighted by Crippen LogP contribution is 2.35. The van der Waals surface area contributed by atoms with E-state index in [2.05, 4.69) is 9.97 Å². The standard InChI is InChI=1S/C19H12F3N3O2S/c20-19(21,22)16-14(18(26)27)25(17(24-16)12-5-2-7-23-9-12)10-13-4-1-3-11-6-8-28-15(11)13/h1-9H,10H2,(H,26,27). The maximum atomic E-state index is 13.5. The molecule has 28 heavy (non-hydrogen) atoms. The molecule has 0 aliphatic carbocycles. The SMILES string of the molecule is O=C(O)c1c(C(F)(F)F)nc(-c2cccnc2)n1Cc1cccc2ccsc12. The maximum absolute atomic E-state index is 13.5. The molecule has 0 bridgehead atoms. The van der Waals surface area contributed by atoms with Crippen LogP contribution in [0, 0.1) is 0 Å². The van der Waals surface area contributed by atoms with Gasteiger partial charge in [0, 0.05) is 22.7 Å². The molecular weight excluding hydrogens is 391 g/mol. The van der Waals surface area contributed by atoms with Gasteiger partial charge in [-0.25, -0.2) is 9.78 Å². The fraction of sp³-hybridized carbons (Fsp3) is 0.105. The van der Waals surface area contributed by atoms with E-state index in [1.54, 1.807) is 24.3 Å². The van der Waals surface area contributed by atoms with Crippen molar-refractivity contribution < 1.29 is 23.1 Å². The lowest BCUT2D eigenvalue weighted by Crippen LogP contribution is -2.17. The highest BCUT2D eigenvalue weighted by molar-refractivity contribution is 7.17. The molecule has 142 valence electrons. The Kier molecular flexibility index (Phi) is 4.38. The van der Waals surface area contributed by atoms with Crippen LogP contribution in [-0.4, -0.2) is 25.6 Å². The Hall–Kier alpha value is -3.20. The van der Waals surface area contributed by atoms with Gasteiger partial charge in [0.1, 0.15) is 5.82 Å². The number of pyridine rings is 1. The minimum absolute atomic E-state index is 0.0627. The molecule has 0 aliphatic rings. The van der Waals surface area contributed by atoms with E-state index in [4.69, 9.17) is 0 Å². The lowest BCUT2D eigenvalue weighted by Gasteiger charge is -2.12. The average molecular weight is 403 g/mol. The first kappa shape index (κ1) is 18.2. The van der Waals surface area contributed by atoms with E-state index >= 15 is 0 Å². The zero-order chi connectivity index (χ0) is 19.9. The number of hydrogen-bond acceptors (Lipinski definition) is 4. The Bertz CT molecular complexity index is 1170. The van der Waals surface area contributed by atoms with Crippen LogP contribution in [-0.2, 0) is 12.7 Å². The molecule has 0 spiro atoms. The normalized spacial score (nSPS) is 11.8. The molecular formula is C19H12F3N3O2S. The Morgan fingerprint density at radius 3 is 2.68 bits per heavy atom. The predicted molar refractivity (Wildman–Crippen MR) is 98.3 cm³/mol. The van der Waals surface area contributed by atoms with E-state index in [-0.39, 0.29) is 12.4 Å². The smallest absolute Gasteiger partial charge is 0.435 e. The van der Waals surface area contributed by atoms with Crippen LogP contribution in [0.3, 0.4) is 0 Å². The summed E-state index contributed by atoms with van der Waals surface area (Å²) in [5, 5.41) is 12.4. The van der Waals surface area contributed by atoms with Gasteiger partial charge in [0.25, 0.3) is 0 Å². The van der Waals surface area contributed by atoms with Crippen molar-refractivity contribution in [1.82, 2.24) is 14.5 Å². The van der Waals surface area contributed by atoms with Crippen molar-refractivity contribution >= 4 is 27.4 Å². The Balaban J connectivity index is 1.97. The number of rotatable bonds is 4. The number of benzene rings is 1. The number of hydrogen-bond donors (Lipinski definition) is 1. The van der Waals surface area contributed by atoms with E-state index in [0.29, 0.717) is 11.1 Å².